The molecule has 0 bridgehead atoms. The van der Waals surface area contributed by atoms with Crippen molar-refractivity contribution in [3.05, 3.63) is 55.1 Å². The van der Waals surface area contributed by atoms with E-state index in [1.165, 1.54) is 12.2 Å². The molecule has 0 spiro atoms. The maximum absolute atomic E-state index is 12.6. The van der Waals surface area contributed by atoms with Crippen LogP contribution >= 0.6 is 0 Å². The van der Waals surface area contributed by atoms with E-state index in [4.69, 9.17) is 0 Å². The Bertz CT molecular complexity index is 584. The smallest absolute Gasteiger partial charge is 0.207 e. The minimum Gasteiger partial charge on any atom is -0.207 e. The summed E-state index contributed by atoms with van der Waals surface area (Å²) in [6.45, 7) is 6.83. The van der Waals surface area contributed by atoms with Gasteiger partial charge in [0, 0.05) is 13.1 Å². The highest BCUT2D eigenvalue weighted by Gasteiger charge is 2.32. The Labute approximate surface area is 116 Å². The predicted molar refractivity (Wildman–Crippen MR) is 70.6 cm³/mol. The summed E-state index contributed by atoms with van der Waals surface area (Å²) in [5, 5.41) is 0. The van der Waals surface area contributed by atoms with Crippen molar-refractivity contribution in [3.8, 4) is 0 Å². The summed E-state index contributed by atoms with van der Waals surface area (Å²) in [6.07, 6.45) is -1.88. The van der Waals surface area contributed by atoms with Crippen molar-refractivity contribution in [2.45, 2.75) is 11.1 Å². The molecule has 0 fully saturated rings. The second-order valence-electron chi connectivity index (χ2n) is 3.92. The summed E-state index contributed by atoms with van der Waals surface area (Å²) in [5.74, 6) is 0. The molecule has 0 aromatic heterocycles. The molecule has 0 aliphatic heterocycles. The van der Waals surface area contributed by atoms with E-state index in [0.29, 0.717) is 6.07 Å². The molecule has 0 heterocycles. The number of benzene rings is 1. The largest absolute Gasteiger partial charge is 0.416 e. The summed E-state index contributed by atoms with van der Waals surface area (Å²) in [5.41, 5.74) is -1.00. The second-order valence-corrected chi connectivity index (χ2v) is 5.86. The first-order valence-corrected chi connectivity index (χ1v) is 7.06. The van der Waals surface area contributed by atoms with Gasteiger partial charge >= 0.3 is 6.18 Å². The zero-order valence-electron chi connectivity index (χ0n) is 10.6. The van der Waals surface area contributed by atoms with Crippen LogP contribution in [0.3, 0.4) is 0 Å². The fourth-order valence-electron chi connectivity index (χ4n) is 1.54. The highest BCUT2D eigenvalue weighted by atomic mass is 32.2. The number of rotatable bonds is 6. The number of alkyl halides is 3. The highest BCUT2D eigenvalue weighted by molar-refractivity contribution is 7.89. The van der Waals surface area contributed by atoms with Gasteiger partial charge in [-0.25, -0.2) is 8.42 Å². The molecule has 110 valence electrons. The number of hydrogen-bond acceptors (Lipinski definition) is 2. The van der Waals surface area contributed by atoms with Crippen molar-refractivity contribution in [1.29, 1.82) is 0 Å². The lowest BCUT2D eigenvalue weighted by molar-refractivity contribution is -0.137. The maximum atomic E-state index is 12.6. The standard InChI is InChI=1S/C13H14F3NO2S/c1-3-8-17(9-4-2)20(18,19)12-7-5-6-11(10-12)13(14,15)16/h3-7,10H,1-2,8-9H2. The molecular formula is C13H14F3NO2S. The lowest BCUT2D eigenvalue weighted by Crippen LogP contribution is -2.31. The zero-order valence-corrected chi connectivity index (χ0v) is 11.4. The van der Waals surface area contributed by atoms with E-state index in [9.17, 15) is 21.6 Å². The van der Waals surface area contributed by atoms with Gasteiger partial charge in [0.15, 0.2) is 0 Å². The van der Waals surface area contributed by atoms with Gasteiger partial charge in [0.25, 0.3) is 0 Å². The molecular weight excluding hydrogens is 291 g/mol. The van der Waals surface area contributed by atoms with Crippen LogP contribution in [0, 0.1) is 0 Å². The summed E-state index contributed by atoms with van der Waals surface area (Å²) in [7, 11) is -4.02. The Morgan fingerprint density at radius 2 is 1.70 bits per heavy atom. The third-order valence-corrected chi connectivity index (χ3v) is 4.29. The summed E-state index contributed by atoms with van der Waals surface area (Å²) >= 11 is 0. The first-order valence-electron chi connectivity index (χ1n) is 5.62. The van der Waals surface area contributed by atoms with Gasteiger partial charge in [0.05, 0.1) is 10.5 Å². The Kier molecular flexibility index (Phi) is 5.13. The fraction of sp³-hybridized carbons (Fsp3) is 0.231. The van der Waals surface area contributed by atoms with Crippen molar-refractivity contribution in [1.82, 2.24) is 4.31 Å². The number of nitrogens with zero attached hydrogens (tertiary/aromatic N) is 1. The first kappa shape index (κ1) is 16.5. The molecule has 0 saturated heterocycles. The molecule has 1 aromatic carbocycles. The van der Waals surface area contributed by atoms with Crippen molar-refractivity contribution in [3.63, 3.8) is 0 Å². The van der Waals surface area contributed by atoms with Crippen molar-refractivity contribution in [2.75, 3.05) is 13.1 Å². The summed E-state index contributed by atoms with van der Waals surface area (Å²) < 4.78 is 63.3. The molecule has 0 aliphatic rings. The summed E-state index contributed by atoms with van der Waals surface area (Å²) in [6, 6.07) is 3.64. The van der Waals surface area contributed by atoms with Gasteiger partial charge in [-0.1, -0.05) is 18.2 Å². The van der Waals surface area contributed by atoms with Crippen molar-refractivity contribution < 1.29 is 21.6 Å². The highest BCUT2D eigenvalue weighted by Crippen LogP contribution is 2.31. The van der Waals surface area contributed by atoms with E-state index in [-0.39, 0.29) is 13.1 Å². The van der Waals surface area contributed by atoms with Crippen LogP contribution in [0.25, 0.3) is 0 Å². The van der Waals surface area contributed by atoms with Crippen LogP contribution in [0.2, 0.25) is 0 Å². The van der Waals surface area contributed by atoms with Gasteiger partial charge in [0.2, 0.25) is 10.0 Å². The molecule has 1 aromatic rings. The van der Waals surface area contributed by atoms with Gasteiger partial charge < -0.3 is 0 Å². The minimum absolute atomic E-state index is 0.00933. The van der Waals surface area contributed by atoms with Crippen LogP contribution in [0.4, 0.5) is 13.2 Å². The molecule has 0 atom stereocenters. The van der Waals surface area contributed by atoms with Crippen LogP contribution in [-0.4, -0.2) is 25.8 Å². The maximum Gasteiger partial charge on any atom is 0.416 e. The normalized spacial score (nSPS) is 12.4. The SMILES string of the molecule is C=CCN(CC=C)S(=O)(=O)c1cccc(C(F)(F)F)c1. The van der Waals surface area contributed by atoms with E-state index in [0.717, 1.165) is 22.5 Å². The molecule has 3 nitrogen and oxygen atoms in total. The van der Waals surface area contributed by atoms with Crippen LogP contribution in [0.1, 0.15) is 5.56 Å². The zero-order chi connectivity index (χ0) is 15.4. The first-order chi connectivity index (χ1) is 9.23. The van der Waals surface area contributed by atoms with E-state index < -0.39 is 26.7 Å². The number of sulfonamides is 1. The fourth-order valence-corrected chi connectivity index (χ4v) is 2.97. The molecule has 0 radical (unpaired) electrons. The van der Waals surface area contributed by atoms with Crippen molar-refractivity contribution in [2.24, 2.45) is 0 Å². The van der Waals surface area contributed by atoms with Gasteiger partial charge in [-0.05, 0) is 18.2 Å². The van der Waals surface area contributed by atoms with Gasteiger partial charge in [-0.3, -0.25) is 0 Å². The Balaban J connectivity index is 3.27. The number of hydrogen-bond donors (Lipinski definition) is 0. The predicted octanol–water partition coefficient (Wildman–Crippen LogP) is 3.07. The average molecular weight is 305 g/mol. The molecule has 0 unspecified atom stereocenters. The third kappa shape index (κ3) is 3.71. The minimum atomic E-state index is -4.59. The van der Waals surface area contributed by atoms with Crippen LogP contribution in [0.5, 0.6) is 0 Å². The number of halogens is 3. The monoisotopic (exact) mass is 305 g/mol. The lowest BCUT2D eigenvalue weighted by Gasteiger charge is -2.19. The molecule has 7 heteroatoms. The Morgan fingerprint density at radius 3 is 2.15 bits per heavy atom. The average Bonchev–Trinajstić information content (AvgIpc) is 2.37. The molecule has 0 N–H and O–H groups in total. The van der Waals surface area contributed by atoms with Crippen LogP contribution in [-0.2, 0) is 16.2 Å². The molecule has 0 saturated carbocycles. The van der Waals surface area contributed by atoms with Gasteiger partial charge in [-0.15, -0.1) is 13.2 Å². The van der Waals surface area contributed by atoms with E-state index >= 15 is 0 Å². The van der Waals surface area contributed by atoms with E-state index in [1.54, 1.807) is 0 Å². The van der Waals surface area contributed by atoms with Crippen molar-refractivity contribution >= 4 is 10.0 Å². The topological polar surface area (TPSA) is 37.4 Å². The van der Waals surface area contributed by atoms with Gasteiger partial charge in [0.1, 0.15) is 0 Å². The van der Waals surface area contributed by atoms with E-state index in [1.807, 2.05) is 0 Å². The summed E-state index contributed by atoms with van der Waals surface area (Å²) in [4.78, 5) is -0.406. The molecule has 20 heavy (non-hydrogen) atoms. The third-order valence-electron chi connectivity index (χ3n) is 2.46. The van der Waals surface area contributed by atoms with Crippen LogP contribution in [0.15, 0.2) is 54.5 Å². The molecule has 1 rings (SSSR count). The Hall–Kier alpha value is -1.60. The van der Waals surface area contributed by atoms with Gasteiger partial charge in [-0.2, -0.15) is 17.5 Å². The second kappa shape index (κ2) is 6.23. The lowest BCUT2D eigenvalue weighted by atomic mass is 10.2. The van der Waals surface area contributed by atoms with E-state index in [2.05, 4.69) is 13.2 Å². The quantitative estimate of drug-likeness (QED) is 0.758. The molecule has 0 amide bonds. The molecule has 0 aliphatic carbocycles. The Morgan fingerprint density at radius 1 is 1.15 bits per heavy atom. The van der Waals surface area contributed by atoms with Crippen LogP contribution < -0.4 is 0 Å².